The Balaban J connectivity index is 2.11. The van der Waals surface area contributed by atoms with Gasteiger partial charge in [-0.2, -0.15) is 0 Å². The molecule has 2 amide bonds. The molecule has 3 rings (SSSR count). The fourth-order valence-electron chi connectivity index (χ4n) is 4.58. The maximum atomic E-state index is 14.3. The largest absolute Gasteiger partial charge is 0.492 e. The zero-order valence-corrected chi connectivity index (χ0v) is 27.5. The smallest absolute Gasteiger partial charge is 0.264 e. The Labute approximate surface area is 260 Å². The lowest BCUT2D eigenvalue weighted by atomic mass is 10.1. The zero-order valence-electron chi connectivity index (χ0n) is 25.9. The van der Waals surface area contributed by atoms with Crippen molar-refractivity contribution in [1.82, 2.24) is 10.2 Å². The number of carbonyl (C=O) groups is 2. The van der Waals surface area contributed by atoms with Crippen molar-refractivity contribution in [3.63, 3.8) is 0 Å². The third-order valence-corrected chi connectivity index (χ3v) is 9.74. The predicted molar refractivity (Wildman–Crippen MR) is 174 cm³/mol. The first-order valence-electron chi connectivity index (χ1n) is 14.6. The van der Waals surface area contributed by atoms with Gasteiger partial charge in [-0.1, -0.05) is 55.8 Å². The summed E-state index contributed by atoms with van der Waals surface area (Å²) in [4.78, 5) is 30.2. The molecule has 232 valence electrons. The number of anilines is 1. The highest BCUT2D eigenvalue weighted by Crippen LogP contribution is 2.33. The Kier molecular flexibility index (Phi) is 12.5. The van der Waals surface area contributed by atoms with Gasteiger partial charge in [-0.05, 0) is 81.8 Å². The molecule has 0 aliphatic rings. The Bertz CT molecular complexity index is 1460. The molecule has 1 N–H and O–H groups in total. The average Bonchev–Trinajstić information content (AvgIpc) is 3.01. The molecule has 0 aromatic heterocycles. The number of benzene rings is 3. The molecule has 0 saturated carbocycles. The van der Waals surface area contributed by atoms with Crippen molar-refractivity contribution in [3.05, 3.63) is 83.9 Å². The molecule has 0 aliphatic carbocycles. The molecule has 0 unspecified atom stereocenters. The van der Waals surface area contributed by atoms with Crippen molar-refractivity contribution in [2.24, 2.45) is 0 Å². The molecule has 0 heterocycles. The molecule has 3 aromatic rings. The van der Waals surface area contributed by atoms with Gasteiger partial charge in [-0.3, -0.25) is 13.9 Å². The van der Waals surface area contributed by atoms with E-state index in [9.17, 15) is 18.0 Å². The second kappa shape index (κ2) is 15.8. The summed E-state index contributed by atoms with van der Waals surface area (Å²) in [5, 5.41) is 3.00. The minimum absolute atomic E-state index is 0.0519. The van der Waals surface area contributed by atoms with Crippen LogP contribution >= 0.6 is 11.8 Å². The van der Waals surface area contributed by atoms with Gasteiger partial charge < -0.3 is 15.0 Å². The minimum Gasteiger partial charge on any atom is -0.492 e. The number of hydrogen-bond acceptors (Lipinski definition) is 6. The molecule has 8 nitrogen and oxygen atoms in total. The van der Waals surface area contributed by atoms with Crippen molar-refractivity contribution >= 4 is 39.3 Å². The Hall–Kier alpha value is -3.50. The van der Waals surface area contributed by atoms with Crippen molar-refractivity contribution < 1.29 is 22.7 Å². The van der Waals surface area contributed by atoms with Crippen LogP contribution in [0.25, 0.3) is 0 Å². The number of rotatable bonds is 15. The fourth-order valence-corrected chi connectivity index (χ4v) is 6.41. The third-order valence-electron chi connectivity index (χ3n) is 7.22. The Morgan fingerprint density at radius 2 is 1.58 bits per heavy atom. The van der Waals surface area contributed by atoms with E-state index < -0.39 is 28.5 Å². The van der Waals surface area contributed by atoms with Crippen LogP contribution in [0, 0.1) is 6.92 Å². The van der Waals surface area contributed by atoms with Gasteiger partial charge in [-0.15, -0.1) is 11.8 Å². The first-order chi connectivity index (χ1) is 20.5. The second-order valence-corrected chi connectivity index (χ2v) is 13.1. The highest BCUT2D eigenvalue weighted by molar-refractivity contribution is 7.98. The number of nitrogens with zero attached hydrogens (tertiary/aromatic N) is 2. The summed E-state index contributed by atoms with van der Waals surface area (Å²) in [7, 11) is -4.21. The summed E-state index contributed by atoms with van der Waals surface area (Å²) >= 11 is 1.51. The molecule has 0 aliphatic heterocycles. The van der Waals surface area contributed by atoms with E-state index in [0.29, 0.717) is 18.8 Å². The van der Waals surface area contributed by atoms with Gasteiger partial charge in [0.2, 0.25) is 11.8 Å². The first kappa shape index (κ1) is 34.0. The van der Waals surface area contributed by atoms with E-state index in [2.05, 4.69) is 5.32 Å². The molecule has 0 saturated heterocycles. The highest BCUT2D eigenvalue weighted by Gasteiger charge is 2.35. The Morgan fingerprint density at radius 1 is 0.930 bits per heavy atom. The molecular weight excluding hydrogens is 583 g/mol. The van der Waals surface area contributed by atoms with Crippen LogP contribution in [0.3, 0.4) is 0 Å². The number of amides is 2. The van der Waals surface area contributed by atoms with Crippen LogP contribution in [0.1, 0.15) is 51.7 Å². The number of carbonyl (C=O) groups excluding carboxylic acids is 2. The molecule has 0 spiro atoms. The molecule has 0 bridgehead atoms. The van der Waals surface area contributed by atoms with Crippen LogP contribution in [-0.2, 0) is 26.2 Å². The minimum atomic E-state index is -4.21. The van der Waals surface area contributed by atoms with E-state index in [1.54, 1.807) is 48.5 Å². The van der Waals surface area contributed by atoms with E-state index in [1.807, 2.05) is 65.1 Å². The maximum absolute atomic E-state index is 14.3. The van der Waals surface area contributed by atoms with E-state index in [1.165, 1.54) is 16.7 Å². The van der Waals surface area contributed by atoms with E-state index >= 15 is 0 Å². The molecular formula is C33H43N3O5S2. The number of aryl methyl sites for hydroxylation is 1. The predicted octanol–water partition coefficient (Wildman–Crippen LogP) is 6.03. The maximum Gasteiger partial charge on any atom is 0.264 e. The lowest BCUT2D eigenvalue weighted by Gasteiger charge is -2.34. The first-order valence-corrected chi connectivity index (χ1v) is 17.3. The van der Waals surface area contributed by atoms with Gasteiger partial charge >= 0.3 is 0 Å². The van der Waals surface area contributed by atoms with E-state index in [4.69, 9.17) is 4.74 Å². The number of para-hydroxylation sites is 2. The number of nitrogens with one attached hydrogen (secondary N) is 1. The van der Waals surface area contributed by atoms with Gasteiger partial charge in [0, 0.05) is 17.5 Å². The monoisotopic (exact) mass is 625 g/mol. The van der Waals surface area contributed by atoms with E-state index in [0.717, 1.165) is 26.7 Å². The molecule has 43 heavy (non-hydrogen) atoms. The number of sulfonamides is 1. The van der Waals surface area contributed by atoms with Gasteiger partial charge in [0.1, 0.15) is 18.3 Å². The summed E-state index contributed by atoms with van der Waals surface area (Å²) in [6.07, 6.45) is 3.01. The molecule has 0 fully saturated rings. The lowest BCUT2D eigenvalue weighted by molar-refractivity contribution is -0.140. The van der Waals surface area contributed by atoms with E-state index in [-0.39, 0.29) is 29.1 Å². The topological polar surface area (TPSA) is 96.0 Å². The second-order valence-electron chi connectivity index (χ2n) is 10.3. The lowest BCUT2D eigenvalue weighted by Crippen LogP contribution is -2.53. The normalized spacial score (nSPS) is 12.7. The van der Waals surface area contributed by atoms with Crippen molar-refractivity contribution in [1.29, 1.82) is 0 Å². The van der Waals surface area contributed by atoms with Gasteiger partial charge in [0.15, 0.2) is 0 Å². The van der Waals surface area contributed by atoms with Crippen LogP contribution in [0.15, 0.2) is 82.6 Å². The summed E-state index contributed by atoms with van der Waals surface area (Å²) in [5.74, 6) is -0.426. The van der Waals surface area contributed by atoms with Crippen LogP contribution in [0.4, 0.5) is 5.69 Å². The zero-order chi connectivity index (χ0) is 31.6. The van der Waals surface area contributed by atoms with Crippen LogP contribution < -0.4 is 14.4 Å². The SMILES string of the molecule is CCOc1ccccc1N(CC(=O)N(Cc1ccc(C)cc1)[C@H](CC)C(=O)N[C@@H](C)CC)S(=O)(=O)c1ccc(SC)cc1. The highest BCUT2D eigenvalue weighted by atomic mass is 32.2. The quantitative estimate of drug-likeness (QED) is 0.207. The number of ether oxygens (including phenoxy) is 1. The standard InChI is InChI=1S/C33H43N3O5S2/c1-7-25(5)34-33(38)29(8-2)35(22-26-16-14-24(4)15-17-26)32(37)23-36(30-12-10-11-13-31(30)41-9-3)43(39,40)28-20-18-27(42-6)19-21-28/h10-21,25,29H,7-9,22-23H2,1-6H3,(H,34,38)/t25-,29+/m0/s1. The van der Waals surface area contributed by atoms with Crippen molar-refractivity contribution in [2.75, 3.05) is 23.7 Å². The van der Waals surface area contributed by atoms with Crippen LogP contribution in [0.2, 0.25) is 0 Å². The Morgan fingerprint density at radius 3 is 2.16 bits per heavy atom. The number of thioether (sulfide) groups is 1. The van der Waals surface area contributed by atoms with Gasteiger partial charge in [0.05, 0.1) is 17.2 Å². The summed E-state index contributed by atoms with van der Waals surface area (Å²) in [6, 6.07) is 20.2. The van der Waals surface area contributed by atoms with Gasteiger partial charge in [-0.25, -0.2) is 8.42 Å². The molecule has 0 radical (unpaired) electrons. The van der Waals surface area contributed by atoms with Crippen molar-refractivity contribution in [2.45, 2.75) is 75.9 Å². The molecule has 10 heteroatoms. The third kappa shape index (κ3) is 8.76. The summed E-state index contributed by atoms with van der Waals surface area (Å²) < 4.78 is 35.3. The van der Waals surface area contributed by atoms with Crippen molar-refractivity contribution in [3.8, 4) is 5.75 Å². The van der Waals surface area contributed by atoms with Gasteiger partial charge in [0.25, 0.3) is 10.0 Å². The summed E-state index contributed by atoms with van der Waals surface area (Å²) in [6.45, 7) is 9.48. The molecule has 3 aromatic carbocycles. The van der Waals surface area contributed by atoms with Crippen LogP contribution in [-0.4, -0.2) is 56.6 Å². The molecule has 2 atom stereocenters. The fraction of sp³-hybridized carbons (Fsp3) is 0.394. The number of hydrogen-bond donors (Lipinski definition) is 1. The van der Waals surface area contributed by atoms with Crippen LogP contribution in [0.5, 0.6) is 5.75 Å². The average molecular weight is 626 g/mol. The summed E-state index contributed by atoms with van der Waals surface area (Å²) in [5.41, 5.74) is 2.16.